The highest BCUT2D eigenvalue weighted by atomic mass is 19.1. The fourth-order valence-corrected chi connectivity index (χ4v) is 2.31. The predicted molar refractivity (Wildman–Crippen MR) is 63.5 cm³/mol. The van der Waals surface area contributed by atoms with E-state index in [1.807, 2.05) is 0 Å². The van der Waals surface area contributed by atoms with Gasteiger partial charge >= 0.3 is 6.08 Å². The van der Waals surface area contributed by atoms with Crippen molar-refractivity contribution in [2.24, 2.45) is 0 Å². The van der Waals surface area contributed by atoms with Crippen molar-refractivity contribution in [1.82, 2.24) is 14.5 Å². The largest absolute Gasteiger partial charge is 0.394 e. The number of aliphatic hydroxyl groups excluding tert-OH is 2. The maximum Gasteiger partial charge on any atom is 0.312 e. The summed E-state index contributed by atoms with van der Waals surface area (Å²) in [5, 5.41) is 19.3. The Labute approximate surface area is 107 Å². The minimum atomic E-state index is -0.915. The van der Waals surface area contributed by atoms with Gasteiger partial charge in [-0.15, -0.1) is 0 Å². The molecule has 1 saturated heterocycles. The number of hydrogen-bond acceptors (Lipinski definition) is 6. The zero-order valence-electron chi connectivity index (χ0n) is 9.90. The van der Waals surface area contributed by atoms with Crippen molar-refractivity contribution in [3.05, 3.63) is 18.3 Å². The van der Waals surface area contributed by atoms with Crippen molar-refractivity contribution in [3.8, 4) is 0 Å². The van der Waals surface area contributed by atoms with E-state index in [0.717, 1.165) is 0 Å². The van der Waals surface area contributed by atoms with Crippen LogP contribution in [0.1, 0.15) is 12.6 Å². The fourth-order valence-electron chi connectivity index (χ4n) is 2.31. The van der Waals surface area contributed by atoms with E-state index in [9.17, 15) is 9.50 Å². The average molecular weight is 268 g/mol. The number of hydrogen-bond donors (Lipinski definition) is 3. The highest BCUT2D eigenvalue weighted by Gasteiger charge is 2.35. The Bertz CT molecular complexity index is 617. The Hall–Kier alpha value is -1.77. The summed E-state index contributed by atoms with van der Waals surface area (Å²) >= 11 is 0. The van der Waals surface area contributed by atoms with Crippen molar-refractivity contribution in [2.45, 2.75) is 24.9 Å². The van der Waals surface area contributed by atoms with E-state index in [2.05, 4.69) is 9.97 Å². The van der Waals surface area contributed by atoms with E-state index in [1.165, 1.54) is 0 Å². The van der Waals surface area contributed by atoms with Crippen LogP contribution in [0.3, 0.4) is 0 Å². The monoisotopic (exact) mass is 268 g/mol. The van der Waals surface area contributed by atoms with E-state index in [-0.39, 0.29) is 12.4 Å². The minimum absolute atomic E-state index is 0.0542. The summed E-state index contributed by atoms with van der Waals surface area (Å²) in [6.45, 7) is -0.275. The number of fused-ring (bicyclic) bond motifs is 1. The lowest BCUT2D eigenvalue weighted by atomic mass is 10.2. The molecule has 19 heavy (non-hydrogen) atoms. The van der Waals surface area contributed by atoms with Crippen molar-refractivity contribution in [1.29, 1.82) is 0 Å². The molecule has 2 aromatic rings. The number of nitrogens with two attached hydrogens (primary N) is 1. The summed E-state index contributed by atoms with van der Waals surface area (Å²) in [5.74, 6) is 0.0542. The standard InChI is InChI=1S/C11H13FN4O3/c12-11-14-9(13)5-1-2-16(10(5)15-11)8-3-6(18)7(4-17)19-8/h1-2,6-8,17-18H,3-4H2,(H2,13,14,15)/t6-,7+,8+/m0/s1. The topological polar surface area (TPSA) is 106 Å². The number of aromatic nitrogens is 3. The third-order valence-electron chi connectivity index (χ3n) is 3.27. The second kappa shape index (κ2) is 4.41. The molecule has 0 aliphatic carbocycles. The SMILES string of the molecule is Nc1nc(F)nc2c1ccn2[C@H]1C[C@H](O)[C@@H](CO)O1. The highest BCUT2D eigenvalue weighted by molar-refractivity contribution is 5.86. The van der Waals surface area contributed by atoms with Gasteiger partial charge in [-0.05, 0) is 6.07 Å². The number of ether oxygens (including phenoxy) is 1. The molecule has 0 amide bonds. The number of nitrogens with zero attached hydrogens (tertiary/aromatic N) is 3. The van der Waals surface area contributed by atoms with Crippen molar-refractivity contribution >= 4 is 16.9 Å². The number of aliphatic hydroxyl groups is 2. The number of halogens is 1. The molecule has 3 atom stereocenters. The summed E-state index contributed by atoms with van der Waals surface area (Å²) < 4.78 is 20.3. The molecule has 3 rings (SSSR count). The first-order chi connectivity index (χ1) is 9.10. The molecule has 1 fully saturated rings. The minimum Gasteiger partial charge on any atom is -0.394 e. The van der Waals surface area contributed by atoms with Gasteiger partial charge in [0.1, 0.15) is 18.1 Å². The van der Waals surface area contributed by atoms with E-state index >= 15 is 0 Å². The summed E-state index contributed by atoms with van der Waals surface area (Å²) in [6, 6.07) is 1.66. The second-order valence-corrected chi connectivity index (χ2v) is 4.45. The zero-order valence-corrected chi connectivity index (χ0v) is 9.90. The Morgan fingerprint density at radius 3 is 3.00 bits per heavy atom. The van der Waals surface area contributed by atoms with Crippen LogP contribution in [0, 0.1) is 6.08 Å². The lowest BCUT2D eigenvalue weighted by Crippen LogP contribution is -2.24. The second-order valence-electron chi connectivity index (χ2n) is 4.45. The Morgan fingerprint density at radius 2 is 2.32 bits per heavy atom. The lowest BCUT2D eigenvalue weighted by molar-refractivity contribution is -0.0430. The summed E-state index contributed by atoms with van der Waals surface area (Å²) in [6.07, 6.45) is -0.907. The van der Waals surface area contributed by atoms with Gasteiger partial charge in [-0.2, -0.15) is 14.4 Å². The molecule has 0 bridgehead atoms. The maximum atomic E-state index is 13.2. The van der Waals surface area contributed by atoms with Gasteiger partial charge in [0, 0.05) is 12.6 Å². The van der Waals surface area contributed by atoms with E-state index in [0.29, 0.717) is 17.5 Å². The molecule has 1 aliphatic heterocycles. The van der Waals surface area contributed by atoms with Crippen LogP contribution in [0.15, 0.2) is 12.3 Å². The molecule has 0 aromatic carbocycles. The lowest BCUT2D eigenvalue weighted by Gasteiger charge is -2.14. The third kappa shape index (κ3) is 1.93. The van der Waals surface area contributed by atoms with Gasteiger partial charge in [0.25, 0.3) is 0 Å². The molecular weight excluding hydrogens is 255 g/mol. The van der Waals surface area contributed by atoms with Crippen LogP contribution in [0.2, 0.25) is 0 Å². The van der Waals surface area contributed by atoms with Crippen molar-refractivity contribution in [3.63, 3.8) is 0 Å². The summed E-state index contributed by atoms with van der Waals surface area (Å²) in [7, 11) is 0. The quantitative estimate of drug-likeness (QED) is 0.651. The normalized spacial score (nSPS) is 27.2. The van der Waals surface area contributed by atoms with Crippen molar-refractivity contribution < 1.29 is 19.3 Å². The molecule has 0 unspecified atom stereocenters. The Morgan fingerprint density at radius 1 is 1.53 bits per heavy atom. The first-order valence-electron chi connectivity index (χ1n) is 5.84. The molecule has 102 valence electrons. The van der Waals surface area contributed by atoms with Crippen LogP contribution >= 0.6 is 0 Å². The van der Waals surface area contributed by atoms with Gasteiger partial charge < -0.3 is 25.3 Å². The molecule has 2 aromatic heterocycles. The van der Waals surface area contributed by atoms with Crippen molar-refractivity contribution in [2.75, 3.05) is 12.3 Å². The molecule has 0 spiro atoms. The Kier molecular flexibility index (Phi) is 2.85. The molecule has 8 heteroatoms. The number of nitrogen functional groups attached to an aromatic ring is 1. The summed E-state index contributed by atoms with van der Waals surface area (Å²) in [5.41, 5.74) is 5.92. The molecule has 4 N–H and O–H groups in total. The van der Waals surface area contributed by atoms with Crippen LogP contribution in [0.25, 0.3) is 11.0 Å². The molecule has 7 nitrogen and oxygen atoms in total. The van der Waals surface area contributed by atoms with Gasteiger partial charge in [0.2, 0.25) is 0 Å². The van der Waals surface area contributed by atoms with E-state index in [1.54, 1.807) is 16.8 Å². The molecule has 3 heterocycles. The molecular formula is C11H13FN4O3. The van der Waals surface area contributed by atoms with Gasteiger partial charge in [-0.1, -0.05) is 0 Å². The smallest absolute Gasteiger partial charge is 0.312 e. The number of anilines is 1. The third-order valence-corrected chi connectivity index (χ3v) is 3.27. The maximum absolute atomic E-state index is 13.2. The van der Waals surface area contributed by atoms with Gasteiger partial charge in [-0.25, -0.2) is 0 Å². The van der Waals surface area contributed by atoms with Crippen LogP contribution in [0.4, 0.5) is 10.2 Å². The van der Waals surface area contributed by atoms with Crippen LogP contribution < -0.4 is 5.73 Å². The highest BCUT2D eigenvalue weighted by Crippen LogP contribution is 2.32. The van der Waals surface area contributed by atoms with E-state index < -0.39 is 24.5 Å². The number of rotatable bonds is 2. The van der Waals surface area contributed by atoms with Gasteiger partial charge in [0.05, 0.1) is 18.1 Å². The van der Waals surface area contributed by atoms with Gasteiger partial charge in [-0.3, -0.25) is 0 Å². The van der Waals surface area contributed by atoms with E-state index in [4.69, 9.17) is 15.6 Å². The van der Waals surface area contributed by atoms with Crippen LogP contribution in [-0.4, -0.2) is 43.6 Å². The fraction of sp³-hybridized carbons (Fsp3) is 0.455. The first kappa shape index (κ1) is 12.3. The molecule has 1 aliphatic rings. The van der Waals surface area contributed by atoms with Crippen LogP contribution in [-0.2, 0) is 4.74 Å². The Balaban J connectivity index is 2.02. The zero-order chi connectivity index (χ0) is 13.6. The van der Waals surface area contributed by atoms with Gasteiger partial charge in [0.15, 0.2) is 5.65 Å². The van der Waals surface area contributed by atoms with Crippen LogP contribution in [0.5, 0.6) is 0 Å². The average Bonchev–Trinajstić information content (AvgIpc) is 2.92. The predicted octanol–water partition coefficient (Wildman–Crippen LogP) is -0.207. The first-order valence-corrected chi connectivity index (χ1v) is 5.84. The molecule has 0 radical (unpaired) electrons. The summed E-state index contributed by atoms with van der Waals surface area (Å²) in [4.78, 5) is 7.14. The molecule has 0 saturated carbocycles.